The van der Waals surface area contributed by atoms with Crippen LogP contribution in [0.4, 0.5) is 0 Å². The third kappa shape index (κ3) is 6.03. The minimum Gasteiger partial charge on any atom is -0.461 e. The lowest BCUT2D eigenvalue weighted by Crippen LogP contribution is -2.04. The predicted molar refractivity (Wildman–Crippen MR) is 101 cm³/mol. The van der Waals surface area contributed by atoms with E-state index in [2.05, 4.69) is 0 Å². The molecule has 0 aliphatic heterocycles. The Labute approximate surface area is 155 Å². The third-order valence-corrected chi connectivity index (χ3v) is 3.98. The Morgan fingerprint density at radius 2 is 1.35 bits per heavy atom. The van der Waals surface area contributed by atoms with Crippen molar-refractivity contribution in [2.75, 3.05) is 0 Å². The average molecular weight is 354 g/mol. The molecular formula is C22H26O4. The number of benzene rings is 2. The number of hydrogen-bond donors (Lipinski definition) is 0. The second kappa shape index (κ2) is 10.4. The maximum atomic E-state index is 11.6. The van der Waals surface area contributed by atoms with Crippen molar-refractivity contribution in [2.45, 2.75) is 52.7 Å². The Morgan fingerprint density at radius 3 is 1.96 bits per heavy atom. The van der Waals surface area contributed by atoms with E-state index in [4.69, 9.17) is 9.47 Å². The van der Waals surface area contributed by atoms with Gasteiger partial charge in [-0.25, -0.2) is 0 Å². The van der Waals surface area contributed by atoms with Gasteiger partial charge >= 0.3 is 11.9 Å². The number of ether oxygens (including phenoxy) is 2. The van der Waals surface area contributed by atoms with E-state index < -0.39 is 0 Å². The second-order valence-corrected chi connectivity index (χ2v) is 6.18. The van der Waals surface area contributed by atoms with Crippen molar-refractivity contribution in [3.05, 3.63) is 59.7 Å². The zero-order valence-corrected chi connectivity index (χ0v) is 15.5. The average Bonchev–Trinajstić information content (AvgIpc) is 2.66. The Balaban J connectivity index is 2.04. The molecular weight excluding hydrogens is 328 g/mol. The zero-order chi connectivity index (χ0) is 18.8. The number of rotatable bonds is 9. The SMILES string of the molecule is CCCC(=O)OCc1ccc(-c2ccccc2COC(=O)CCC)cc1. The highest BCUT2D eigenvalue weighted by Crippen LogP contribution is 2.25. The molecule has 0 N–H and O–H groups in total. The van der Waals surface area contributed by atoms with Crippen LogP contribution in [0, 0.1) is 0 Å². The van der Waals surface area contributed by atoms with Crippen LogP contribution >= 0.6 is 0 Å². The Morgan fingerprint density at radius 1 is 0.769 bits per heavy atom. The molecule has 4 heteroatoms. The van der Waals surface area contributed by atoms with E-state index in [0.29, 0.717) is 12.8 Å². The molecule has 0 aliphatic carbocycles. The van der Waals surface area contributed by atoms with E-state index in [9.17, 15) is 9.59 Å². The van der Waals surface area contributed by atoms with Gasteiger partial charge in [0.15, 0.2) is 0 Å². The minimum atomic E-state index is -0.174. The number of carbonyl (C=O) groups is 2. The van der Waals surface area contributed by atoms with Crippen molar-refractivity contribution in [1.82, 2.24) is 0 Å². The van der Waals surface area contributed by atoms with Crippen LogP contribution in [0.15, 0.2) is 48.5 Å². The Bertz CT molecular complexity index is 719. The summed E-state index contributed by atoms with van der Waals surface area (Å²) in [6.07, 6.45) is 2.46. The first-order chi connectivity index (χ1) is 12.6. The van der Waals surface area contributed by atoms with Gasteiger partial charge in [0.2, 0.25) is 0 Å². The van der Waals surface area contributed by atoms with Gasteiger partial charge in [0, 0.05) is 12.8 Å². The molecule has 0 atom stereocenters. The van der Waals surface area contributed by atoms with E-state index >= 15 is 0 Å². The van der Waals surface area contributed by atoms with Crippen molar-refractivity contribution < 1.29 is 19.1 Å². The molecule has 0 radical (unpaired) electrons. The summed E-state index contributed by atoms with van der Waals surface area (Å²) in [5, 5.41) is 0. The van der Waals surface area contributed by atoms with Crippen molar-refractivity contribution >= 4 is 11.9 Å². The normalized spacial score (nSPS) is 10.4. The van der Waals surface area contributed by atoms with E-state index in [1.807, 2.05) is 62.4 Å². The summed E-state index contributed by atoms with van der Waals surface area (Å²) in [6, 6.07) is 15.8. The lowest BCUT2D eigenvalue weighted by Gasteiger charge is -2.11. The van der Waals surface area contributed by atoms with Gasteiger partial charge in [0.1, 0.15) is 13.2 Å². The van der Waals surface area contributed by atoms with Gasteiger partial charge in [-0.1, -0.05) is 62.4 Å². The van der Waals surface area contributed by atoms with Gasteiger partial charge in [-0.15, -0.1) is 0 Å². The van der Waals surface area contributed by atoms with Crippen molar-refractivity contribution in [3.8, 4) is 11.1 Å². The van der Waals surface area contributed by atoms with Gasteiger partial charge in [0.25, 0.3) is 0 Å². The van der Waals surface area contributed by atoms with Gasteiger partial charge in [-0.3, -0.25) is 9.59 Å². The highest BCUT2D eigenvalue weighted by molar-refractivity contribution is 5.71. The van der Waals surface area contributed by atoms with Crippen LogP contribution in [0.2, 0.25) is 0 Å². The van der Waals surface area contributed by atoms with E-state index in [1.165, 1.54) is 0 Å². The quantitative estimate of drug-likeness (QED) is 0.592. The molecule has 0 fully saturated rings. The fourth-order valence-electron chi connectivity index (χ4n) is 2.58. The Hall–Kier alpha value is -2.62. The van der Waals surface area contributed by atoms with Gasteiger partial charge < -0.3 is 9.47 Å². The molecule has 26 heavy (non-hydrogen) atoms. The zero-order valence-electron chi connectivity index (χ0n) is 15.5. The van der Waals surface area contributed by atoms with Gasteiger partial charge in [0.05, 0.1) is 0 Å². The summed E-state index contributed by atoms with van der Waals surface area (Å²) in [6.45, 7) is 4.46. The fourth-order valence-corrected chi connectivity index (χ4v) is 2.58. The van der Waals surface area contributed by atoms with Crippen molar-refractivity contribution in [3.63, 3.8) is 0 Å². The lowest BCUT2D eigenvalue weighted by atomic mass is 9.99. The van der Waals surface area contributed by atoms with Crippen LogP contribution in [0.5, 0.6) is 0 Å². The Kier molecular flexibility index (Phi) is 7.87. The molecule has 2 aromatic carbocycles. The van der Waals surface area contributed by atoms with E-state index in [1.54, 1.807) is 0 Å². The number of esters is 2. The lowest BCUT2D eigenvalue weighted by molar-refractivity contribution is -0.145. The highest BCUT2D eigenvalue weighted by atomic mass is 16.5. The molecule has 138 valence electrons. The summed E-state index contributed by atoms with van der Waals surface area (Å²) < 4.78 is 10.6. The maximum Gasteiger partial charge on any atom is 0.306 e. The van der Waals surface area contributed by atoms with E-state index in [0.717, 1.165) is 35.1 Å². The fraction of sp³-hybridized carbons (Fsp3) is 0.364. The van der Waals surface area contributed by atoms with Crippen LogP contribution in [0.1, 0.15) is 50.7 Å². The third-order valence-electron chi connectivity index (χ3n) is 3.98. The number of carbonyl (C=O) groups excluding carboxylic acids is 2. The number of hydrogen-bond acceptors (Lipinski definition) is 4. The first-order valence-corrected chi connectivity index (χ1v) is 9.12. The molecule has 0 heterocycles. The summed E-state index contributed by atoms with van der Waals surface area (Å²) >= 11 is 0. The molecule has 0 saturated carbocycles. The van der Waals surface area contributed by atoms with Gasteiger partial charge in [-0.2, -0.15) is 0 Å². The topological polar surface area (TPSA) is 52.6 Å². The minimum absolute atomic E-state index is 0.171. The predicted octanol–water partition coefficient (Wildman–Crippen LogP) is 5.04. The van der Waals surface area contributed by atoms with Gasteiger partial charge in [-0.05, 0) is 35.1 Å². The van der Waals surface area contributed by atoms with Crippen LogP contribution in [-0.2, 0) is 32.3 Å². The van der Waals surface area contributed by atoms with E-state index in [-0.39, 0.29) is 25.2 Å². The maximum absolute atomic E-state index is 11.6. The molecule has 2 aromatic rings. The van der Waals surface area contributed by atoms with Crippen LogP contribution in [0.25, 0.3) is 11.1 Å². The first kappa shape index (κ1) is 19.7. The molecule has 0 unspecified atom stereocenters. The highest BCUT2D eigenvalue weighted by Gasteiger charge is 2.08. The molecule has 0 aromatic heterocycles. The molecule has 0 saturated heterocycles. The van der Waals surface area contributed by atoms with Crippen LogP contribution < -0.4 is 0 Å². The smallest absolute Gasteiger partial charge is 0.306 e. The molecule has 0 amide bonds. The molecule has 0 aliphatic rings. The van der Waals surface area contributed by atoms with Crippen LogP contribution in [0.3, 0.4) is 0 Å². The van der Waals surface area contributed by atoms with Crippen molar-refractivity contribution in [1.29, 1.82) is 0 Å². The monoisotopic (exact) mass is 354 g/mol. The molecule has 0 bridgehead atoms. The first-order valence-electron chi connectivity index (χ1n) is 9.12. The second-order valence-electron chi connectivity index (χ2n) is 6.18. The standard InChI is InChI=1S/C22H26O4/c1-3-7-21(23)25-15-17-11-13-18(14-12-17)20-10-6-5-9-19(20)16-26-22(24)8-4-2/h5-6,9-14H,3-4,7-8,15-16H2,1-2H3. The molecule has 0 spiro atoms. The molecule has 2 rings (SSSR count). The summed E-state index contributed by atoms with van der Waals surface area (Å²) in [5.41, 5.74) is 3.99. The summed E-state index contributed by atoms with van der Waals surface area (Å²) in [4.78, 5) is 23.1. The molecule has 4 nitrogen and oxygen atoms in total. The largest absolute Gasteiger partial charge is 0.461 e. The summed E-state index contributed by atoms with van der Waals surface area (Å²) in [7, 11) is 0. The van der Waals surface area contributed by atoms with Crippen LogP contribution in [-0.4, -0.2) is 11.9 Å². The summed E-state index contributed by atoms with van der Waals surface area (Å²) in [5.74, 6) is -0.345. The van der Waals surface area contributed by atoms with Crippen molar-refractivity contribution in [2.24, 2.45) is 0 Å².